The van der Waals surface area contributed by atoms with Crippen molar-refractivity contribution in [2.75, 3.05) is 19.7 Å². The molecular weight excluding hydrogens is 210 g/mol. The summed E-state index contributed by atoms with van der Waals surface area (Å²) >= 11 is 0. The smallest absolute Gasteiger partial charge is 0.0499 e. The Morgan fingerprint density at radius 3 is 2.35 bits per heavy atom. The lowest BCUT2D eigenvalue weighted by molar-refractivity contribution is 0.127. The average molecular weight is 239 g/mol. The van der Waals surface area contributed by atoms with Gasteiger partial charge in [-0.3, -0.25) is 0 Å². The molecule has 0 atom stereocenters. The zero-order valence-electron chi connectivity index (χ0n) is 11.2. The van der Waals surface area contributed by atoms with Crippen LogP contribution in [-0.4, -0.2) is 24.8 Å². The molecule has 0 spiro atoms. The van der Waals surface area contributed by atoms with Crippen molar-refractivity contribution in [1.82, 2.24) is 5.32 Å². The van der Waals surface area contributed by atoms with Gasteiger partial charge in [0, 0.05) is 18.6 Å². The first-order valence-electron chi connectivity index (χ1n) is 7.66. The molecule has 2 rings (SSSR count). The van der Waals surface area contributed by atoms with E-state index in [0.29, 0.717) is 6.61 Å². The molecule has 0 radical (unpaired) electrons. The topological polar surface area (TPSA) is 32.3 Å². The summed E-state index contributed by atoms with van der Waals surface area (Å²) in [5.41, 5.74) is 0.229. The molecule has 2 N–H and O–H groups in total. The van der Waals surface area contributed by atoms with Crippen LogP contribution >= 0.6 is 0 Å². The number of hydrogen-bond acceptors (Lipinski definition) is 2. The number of aliphatic hydroxyl groups is 1. The van der Waals surface area contributed by atoms with E-state index < -0.39 is 0 Å². The van der Waals surface area contributed by atoms with E-state index in [9.17, 15) is 5.11 Å². The number of hydrogen-bond donors (Lipinski definition) is 2. The monoisotopic (exact) mass is 239 g/mol. The van der Waals surface area contributed by atoms with E-state index in [1.165, 1.54) is 64.2 Å². The van der Waals surface area contributed by atoms with Crippen LogP contribution in [0.3, 0.4) is 0 Å². The third kappa shape index (κ3) is 3.96. The van der Waals surface area contributed by atoms with Crippen LogP contribution in [0.25, 0.3) is 0 Å². The number of rotatable bonds is 6. The van der Waals surface area contributed by atoms with Crippen LogP contribution in [0.2, 0.25) is 0 Å². The molecule has 0 aromatic carbocycles. The van der Waals surface area contributed by atoms with Crippen molar-refractivity contribution in [2.24, 2.45) is 11.3 Å². The maximum Gasteiger partial charge on any atom is 0.0499 e. The van der Waals surface area contributed by atoms with E-state index in [-0.39, 0.29) is 5.41 Å². The van der Waals surface area contributed by atoms with Gasteiger partial charge >= 0.3 is 0 Å². The summed E-state index contributed by atoms with van der Waals surface area (Å²) < 4.78 is 0. The third-order valence-corrected chi connectivity index (χ3v) is 4.95. The summed E-state index contributed by atoms with van der Waals surface area (Å²) in [6.45, 7) is 2.58. The molecule has 0 heterocycles. The second-order valence-corrected chi connectivity index (χ2v) is 6.33. The molecule has 0 aliphatic heterocycles. The van der Waals surface area contributed by atoms with Gasteiger partial charge in [-0.25, -0.2) is 0 Å². The molecule has 0 aromatic rings. The maximum absolute atomic E-state index is 9.52. The van der Waals surface area contributed by atoms with Crippen LogP contribution in [-0.2, 0) is 0 Å². The van der Waals surface area contributed by atoms with Crippen molar-refractivity contribution in [1.29, 1.82) is 0 Å². The first-order valence-corrected chi connectivity index (χ1v) is 7.66. The Morgan fingerprint density at radius 1 is 1.00 bits per heavy atom. The molecule has 17 heavy (non-hydrogen) atoms. The van der Waals surface area contributed by atoms with Crippen LogP contribution < -0.4 is 5.32 Å². The molecule has 2 heteroatoms. The minimum Gasteiger partial charge on any atom is -0.396 e. The molecule has 0 bridgehead atoms. The van der Waals surface area contributed by atoms with Gasteiger partial charge in [-0.15, -0.1) is 0 Å². The Balaban J connectivity index is 1.58. The van der Waals surface area contributed by atoms with Crippen LogP contribution in [0.5, 0.6) is 0 Å². The van der Waals surface area contributed by atoms with Gasteiger partial charge in [0.05, 0.1) is 0 Å². The highest BCUT2D eigenvalue weighted by molar-refractivity contribution is 4.86. The van der Waals surface area contributed by atoms with E-state index in [0.717, 1.165) is 19.0 Å². The lowest BCUT2D eigenvalue weighted by Gasteiger charge is -2.27. The summed E-state index contributed by atoms with van der Waals surface area (Å²) in [7, 11) is 0. The molecule has 100 valence electrons. The van der Waals surface area contributed by atoms with E-state index in [1.807, 2.05) is 0 Å². The molecule has 2 fully saturated rings. The molecule has 2 aliphatic rings. The Labute approximate surface area is 106 Å². The first-order chi connectivity index (χ1) is 8.35. The molecule has 2 saturated carbocycles. The molecule has 0 unspecified atom stereocenters. The largest absolute Gasteiger partial charge is 0.396 e. The maximum atomic E-state index is 9.52. The highest BCUT2D eigenvalue weighted by atomic mass is 16.3. The summed E-state index contributed by atoms with van der Waals surface area (Å²) in [5, 5.41) is 13.1. The zero-order valence-corrected chi connectivity index (χ0v) is 11.2. The number of nitrogens with one attached hydrogen (secondary N) is 1. The Morgan fingerprint density at radius 2 is 1.71 bits per heavy atom. The fourth-order valence-corrected chi connectivity index (χ4v) is 3.65. The summed E-state index contributed by atoms with van der Waals surface area (Å²) in [6, 6.07) is 0. The molecule has 2 aliphatic carbocycles. The minimum atomic E-state index is 0.229. The lowest BCUT2D eigenvalue weighted by atomic mass is 9.86. The standard InChI is InChI=1S/C15H29NO/c17-13-15(9-4-5-10-15)12-16-11-8-14-6-2-1-3-7-14/h14,16-17H,1-13H2. The normalized spacial score (nSPS) is 25.2. The number of aliphatic hydroxyl groups excluding tert-OH is 1. The SMILES string of the molecule is OCC1(CNCCC2CCCCC2)CCCC1. The van der Waals surface area contributed by atoms with E-state index >= 15 is 0 Å². The van der Waals surface area contributed by atoms with Crippen LogP contribution in [0.1, 0.15) is 64.2 Å². The van der Waals surface area contributed by atoms with Crippen LogP contribution in [0.4, 0.5) is 0 Å². The molecule has 2 nitrogen and oxygen atoms in total. The van der Waals surface area contributed by atoms with Gasteiger partial charge in [-0.1, -0.05) is 44.9 Å². The van der Waals surface area contributed by atoms with Gasteiger partial charge in [0.1, 0.15) is 0 Å². The van der Waals surface area contributed by atoms with Crippen LogP contribution in [0.15, 0.2) is 0 Å². The molecule has 0 aromatic heterocycles. The molecule has 0 saturated heterocycles. The van der Waals surface area contributed by atoms with Gasteiger partial charge in [-0.2, -0.15) is 0 Å². The molecule has 0 amide bonds. The second-order valence-electron chi connectivity index (χ2n) is 6.33. The van der Waals surface area contributed by atoms with Crippen molar-refractivity contribution >= 4 is 0 Å². The van der Waals surface area contributed by atoms with E-state index in [1.54, 1.807) is 0 Å². The molecular formula is C15H29NO. The quantitative estimate of drug-likeness (QED) is 0.698. The fourth-order valence-electron chi connectivity index (χ4n) is 3.65. The summed E-state index contributed by atoms with van der Waals surface area (Å²) in [5.74, 6) is 0.977. The Bertz CT molecular complexity index is 205. The van der Waals surface area contributed by atoms with Gasteiger partial charge in [0.15, 0.2) is 0 Å². The van der Waals surface area contributed by atoms with Gasteiger partial charge < -0.3 is 10.4 Å². The van der Waals surface area contributed by atoms with Crippen molar-refractivity contribution in [2.45, 2.75) is 64.2 Å². The van der Waals surface area contributed by atoms with Crippen molar-refractivity contribution in [3.05, 3.63) is 0 Å². The van der Waals surface area contributed by atoms with Gasteiger partial charge in [0.2, 0.25) is 0 Å². The zero-order chi connectivity index (χ0) is 12.0. The summed E-state index contributed by atoms with van der Waals surface area (Å²) in [6.07, 6.45) is 13.7. The average Bonchev–Trinajstić information content (AvgIpc) is 2.85. The lowest BCUT2D eigenvalue weighted by Crippen LogP contribution is -2.36. The second kappa shape index (κ2) is 6.75. The van der Waals surface area contributed by atoms with Gasteiger partial charge in [0.25, 0.3) is 0 Å². The van der Waals surface area contributed by atoms with Crippen molar-refractivity contribution in [3.63, 3.8) is 0 Å². The van der Waals surface area contributed by atoms with E-state index in [2.05, 4.69) is 5.32 Å². The third-order valence-electron chi connectivity index (χ3n) is 4.95. The van der Waals surface area contributed by atoms with Gasteiger partial charge in [-0.05, 0) is 31.7 Å². The predicted octanol–water partition coefficient (Wildman–Crippen LogP) is 3.10. The Kier molecular flexibility index (Phi) is 5.30. The highest BCUT2D eigenvalue weighted by Gasteiger charge is 2.32. The van der Waals surface area contributed by atoms with Crippen molar-refractivity contribution < 1.29 is 5.11 Å². The highest BCUT2D eigenvalue weighted by Crippen LogP contribution is 2.36. The van der Waals surface area contributed by atoms with Crippen molar-refractivity contribution in [3.8, 4) is 0 Å². The van der Waals surface area contributed by atoms with Crippen LogP contribution in [0, 0.1) is 11.3 Å². The predicted molar refractivity (Wildman–Crippen MR) is 72.0 cm³/mol. The minimum absolute atomic E-state index is 0.229. The summed E-state index contributed by atoms with van der Waals surface area (Å²) in [4.78, 5) is 0. The Hall–Kier alpha value is -0.0800. The fraction of sp³-hybridized carbons (Fsp3) is 1.00. The first kappa shape index (κ1) is 13.4. The van der Waals surface area contributed by atoms with E-state index in [4.69, 9.17) is 0 Å².